The molecule has 0 unspecified atom stereocenters. The Bertz CT molecular complexity index is 880. The summed E-state index contributed by atoms with van der Waals surface area (Å²) in [4.78, 5) is 12.4. The van der Waals surface area contributed by atoms with E-state index >= 15 is 0 Å². The number of benzene rings is 2. The molecule has 0 aliphatic rings. The Morgan fingerprint density at radius 3 is 2.38 bits per heavy atom. The van der Waals surface area contributed by atoms with Gasteiger partial charge in [0.1, 0.15) is 5.82 Å². The number of anilines is 1. The Hall–Kier alpha value is -2.25. The van der Waals surface area contributed by atoms with Gasteiger partial charge in [0.2, 0.25) is 15.9 Å². The number of hydrogen-bond acceptors (Lipinski definition) is 3. The van der Waals surface area contributed by atoms with Crippen LogP contribution in [0.4, 0.5) is 10.1 Å². The van der Waals surface area contributed by atoms with Crippen LogP contribution < -0.4 is 5.32 Å². The van der Waals surface area contributed by atoms with Crippen LogP contribution in [-0.4, -0.2) is 31.7 Å². The fourth-order valence-corrected chi connectivity index (χ4v) is 4.01. The van der Waals surface area contributed by atoms with Crippen molar-refractivity contribution in [3.8, 4) is 0 Å². The molecule has 2 aromatic carbocycles. The third kappa shape index (κ3) is 4.68. The number of hydrogen-bond donors (Lipinski definition) is 1. The molecule has 2 aromatic rings. The molecule has 0 spiro atoms. The average molecular weight is 378 g/mol. The number of sulfonamides is 1. The number of nitrogens with zero attached hydrogens (tertiary/aromatic N) is 1. The molecule has 0 aliphatic carbocycles. The molecule has 0 saturated carbocycles. The quantitative estimate of drug-likeness (QED) is 0.802. The lowest BCUT2D eigenvalue weighted by Crippen LogP contribution is -2.38. The van der Waals surface area contributed by atoms with Crippen molar-refractivity contribution >= 4 is 21.6 Å². The highest BCUT2D eigenvalue weighted by Gasteiger charge is 2.26. The molecule has 1 amide bonds. The van der Waals surface area contributed by atoms with Gasteiger partial charge in [-0.2, -0.15) is 4.31 Å². The van der Waals surface area contributed by atoms with Crippen molar-refractivity contribution in [2.75, 3.05) is 18.4 Å². The first-order chi connectivity index (χ1) is 12.3. The Balaban J connectivity index is 2.20. The summed E-state index contributed by atoms with van der Waals surface area (Å²) >= 11 is 0. The number of rotatable bonds is 7. The van der Waals surface area contributed by atoms with Crippen LogP contribution in [-0.2, 0) is 14.8 Å². The average Bonchev–Trinajstić information content (AvgIpc) is 2.59. The molecular formula is C19H23FN2O3S. The first-order valence-electron chi connectivity index (χ1n) is 8.37. The third-order valence-corrected chi connectivity index (χ3v) is 5.98. The number of aryl methyl sites for hydroxylation is 1. The van der Waals surface area contributed by atoms with E-state index < -0.39 is 21.7 Å². The lowest BCUT2D eigenvalue weighted by Gasteiger charge is -2.21. The molecule has 0 radical (unpaired) electrons. The summed E-state index contributed by atoms with van der Waals surface area (Å²) < 4.78 is 39.7. The van der Waals surface area contributed by atoms with Crippen molar-refractivity contribution in [3.63, 3.8) is 0 Å². The number of carbonyl (C=O) groups is 1. The number of carbonyl (C=O) groups excluding carboxylic acids is 1. The van der Waals surface area contributed by atoms with Gasteiger partial charge in [0.15, 0.2) is 0 Å². The second-order valence-electron chi connectivity index (χ2n) is 6.09. The molecule has 140 valence electrons. The lowest BCUT2D eigenvalue weighted by atomic mass is 10.1. The molecule has 1 N–H and O–H groups in total. The maximum absolute atomic E-state index is 13.1. The van der Waals surface area contributed by atoms with E-state index in [0.717, 1.165) is 27.6 Å². The molecule has 26 heavy (non-hydrogen) atoms. The first kappa shape index (κ1) is 20.1. The van der Waals surface area contributed by atoms with Crippen molar-refractivity contribution in [1.29, 1.82) is 0 Å². The highest BCUT2D eigenvalue weighted by Crippen LogP contribution is 2.19. The summed E-state index contributed by atoms with van der Waals surface area (Å²) in [7, 11) is -3.88. The van der Waals surface area contributed by atoms with Gasteiger partial charge in [-0.15, -0.1) is 0 Å². The van der Waals surface area contributed by atoms with E-state index in [9.17, 15) is 17.6 Å². The van der Waals surface area contributed by atoms with Gasteiger partial charge in [0.05, 0.1) is 11.4 Å². The number of amides is 1. The van der Waals surface area contributed by atoms with E-state index in [4.69, 9.17) is 0 Å². The largest absolute Gasteiger partial charge is 0.325 e. The molecule has 0 bridgehead atoms. The van der Waals surface area contributed by atoms with Crippen molar-refractivity contribution in [2.24, 2.45) is 0 Å². The van der Waals surface area contributed by atoms with Gasteiger partial charge in [-0.25, -0.2) is 12.8 Å². The lowest BCUT2D eigenvalue weighted by molar-refractivity contribution is -0.116. The Labute approximate surface area is 153 Å². The predicted molar refractivity (Wildman–Crippen MR) is 100.0 cm³/mol. The van der Waals surface area contributed by atoms with E-state index in [1.54, 1.807) is 6.07 Å². The molecular weight excluding hydrogens is 355 g/mol. The SMILES string of the molecule is CCCN(CC(=O)Nc1cccc(C)c1C)S(=O)(=O)c1ccc(F)cc1. The topological polar surface area (TPSA) is 66.5 Å². The summed E-state index contributed by atoms with van der Waals surface area (Å²) in [5.74, 6) is -0.934. The summed E-state index contributed by atoms with van der Waals surface area (Å²) in [6, 6.07) is 10.1. The number of halogens is 1. The van der Waals surface area contributed by atoms with Crippen molar-refractivity contribution in [2.45, 2.75) is 32.1 Å². The van der Waals surface area contributed by atoms with Crippen LogP contribution >= 0.6 is 0 Å². The van der Waals surface area contributed by atoms with E-state index in [0.29, 0.717) is 12.1 Å². The Morgan fingerprint density at radius 1 is 1.12 bits per heavy atom. The minimum Gasteiger partial charge on any atom is -0.325 e. The van der Waals surface area contributed by atoms with Crippen LogP contribution in [0, 0.1) is 19.7 Å². The predicted octanol–water partition coefficient (Wildman–Crippen LogP) is 3.48. The molecule has 5 nitrogen and oxygen atoms in total. The van der Waals surface area contributed by atoms with Gasteiger partial charge in [0, 0.05) is 12.2 Å². The first-order valence-corrected chi connectivity index (χ1v) is 9.81. The van der Waals surface area contributed by atoms with Crippen LogP contribution in [0.2, 0.25) is 0 Å². The van der Waals surface area contributed by atoms with Gasteiger partial charge in [-0.1, -0.05) is 19.1 Å². The highest BCUT2D eigenvalue weighted by atomic mass is 32.2. The summed E-state index contributed by atoms with van der Waals surface area (Å²) in [6.07, 6.45) is 0.553. The highest BCUT2D eigenvalue weighted by molar-refractivity contribution is 7.89. The Kier molecular flexibility index (Phi) is 6.50. The maximum Gasteiger partial charge on any atom is 0.243 e. The smallest absolute Gasteiger partial charge is 0.243 e. The molecule has 0 saturated heterocycles. The second-order valence-corrected chi connectivity index (χ2v) is 8.03. The second kappa shape index (κ2) is 8.42. The van der Waals surface area contributed by atoms with E-state index in [2.05, 4.69) is 5.32 Å². The normalized spacial score (nSPS) is 11.6. The van der Waals surface area contributed by atoms with Gasteiger partial charge >= 0.3 is 0 Å². The van der Waals surface area contributed by atoms with Crippen molar-refractivity contribution in [3.05, 3.63) is 59.4 Å². The van der Waals surface area contributed by atoms with Gasteiger partial charge in [-0.05, 0) is 61.7 Å². The summed E-state index contributed by atoms with van der Waals surface area (Å²) in [5.41, 5.74) is 2.63. The van der Waals surface area contributed by atoms with Crippen LogP contribution in [0.15, 0.2) is 47.4 Å². The fraction of sp³-hybridized carbons (Fsp3) is 0.316. The van der Waals surface area contributed by atoms with E-state index in [1.165, 1.54) is 12.1 Å². The number of nitrogens with one attached hydrogen (secondary N) is 1. The maximum atomic E-state index is 13.1. The zero-order valence-corrected chi connectivity index (χ0v) is 15.9. The van der Waals surface area contributed by atoms with Crippen molar-refractivity contribution < 1.29 is 17.6 Å². The summed E-state index contributed by atoms with van der Waals surface area (Å²) in [5, 5.41) is 2.77. The van der Waals surface area contributed by atoms with Gasteiger partial charge < -0.3 is 5.32 Å². The van der Waals surface area contributed by atoms with Crippen LogP contribution in [0.1, 0.15) is 24.5 Å². The molecule has 0 heterocycles. The fourth-order valence-electron chi connectivity index (χ4n) is 2.53. The Morgan fingerprint density at radius 2 is 1.77 bits per heavy atom. The van der Waals surface area contributed by atoms with Crippen molar-refractivity contribution in [1.82, 2.24) is 4.31 Å². The van der Waals surface area contributed by atoms with E-state index in [-0.39, 0.29) is 18.0 Å². The van der Waals surface area contributed by atoms with E-state index in [1.807, 2.05) is 32.9 Å². The standard InChI is InChI=1S/C19H23FN2O3S/c1-4-12-22(26(24,25)17-10-8-16(20)9-11-17)13-19(23)21-18-7-5-6-14(2)15(18)3/h5-11H,4,12-13H2,1-3H3,(H,21,23). The van der Waals surface area contributed by atoms with Gasteiger partial charge in [0.25, 0.3) is 0 Å². The molecule has 0 atom stereocenters. The minimum atomic E-state index is -3.88. The third-order valence-electron chi connectivity index (χ3n) is 4.12. The van der Waals surface area contributed by atoms with Crippen LogP contribution in [0.25, 0.3) is 0 Å². The van der Waals surface area contributed by atoms with Gasteiger partial charge in [-0.3, -0.25) is 4.79 Å². The molecule has 0 aromatic heterocycles. The zero-order chi connectivity index (χ0) is 19.3. The summed E-state index contributed by atoms with van der Waals surface area (Å²) in [6.45, 7) is 5.55. The van der Waals surface area contributed by atoms with Crippen LogP contribution in [0.3, 0.4) is 0 Å². The zero-order valence-electron chi connectivity index (χ0n) is 15.1. The molecule has 0 aliphatic heterocycles. The molecule has 2 rings (SSSR count). The molecule has 7 heteroatoms. The molecule has 0 fully saturated rings. The minimum absolute atomic E-state index is 0.0353. The monoisotopic (exact) mass is 378 g/mol. The van der Waals surface area contributed by atoms with Crippen LogP contribution in [0.5, 0.6) is 0 Å².